The van der Waals surface area contributed by atoms with Crippen LogP contribution < -0.4 is 5.32 Å². The molecule has 10 heteroatoms. The Hall–Kier alpha value is -5.95. The van der Waals surface area contributed by atoms with Crippen molar-refractivity contribution >= 4 is 29.2 Å². The van der Waals surface area contributed by atoms with E-state index in [1.165, 1.54) is 7.11 Å². The van der Waals surface area contributed by atoms with Gasteiger partial charge in [-0.3, -0.25) is 14.6 Å². The molecule has 0 radical (unpaired) electrons. The topological polar surface area (TPSA) is 120 Å². The molecular formula is C42H42N6O4. The summed E-state index contributed by atoms with van der Waals surface area (Å²) in [7, 11) is 1.29. The molecule has 1 aromatic heterocycles. The minimum Gasteiger partial charge on any atom is -0.453 e. The van der Waals surface area contributed by atoms with Crippen molar-refractivity contribution in [3.63, 3.8) is 0 Å². The number of amides is 3. The van der Waals surface area contributed by atoms with E-state index in [1.54, 1.807) is 6.20 Å². The first-order valence-electron chi connectivity index (χ1n) is 17.9. The van der Waals surface area contributed by atoms with Gasteiger partial charge in [0.2, 0.25) is 11.8 Å². The number of hydrogen-bond donors (Lipinski definition) is 2. The van der Waals surface area contributed by atoms with E-state index in [0.29, 0.717) is 24.2 Å². The average Bonchev–Trinajstić information content (AvgIpc) is 4.03. The summed E-state index contributed by atoms with van der Waals surface area (Å²) in [6.45, 7) is 3.28. The lowest BCUT2D eigenvalue weighted by Gasteiger charge is -2.29. The van der Waals surface area contributed by atoms with Crippen LogP contribution in [0.25, 0.3) is 5.57 Å². The molecule has 0 saturated carbocycles. The molecule has 4 atom stereocenters. The van der Waals surface area contributed by atoms with Crippen LogP contribution in [0.4, 0.5) is 4.79 Å². The molecule has 7 rings (SSSR count). The smallest absolute Gasteiger partial charge is 0.407 e. The number of allylic oxidation sites excluding steroid dienone is 1. The van der Waals surface area contributed by atoms with Crippen molar-refractivity contribution < 1.29 is 19.1 Å². The maximum atomic E-state index is 13.8. The second kappa shape index (κ2) is 15.5. The van der Waals surface area contributed by atoms with Gasteiger partial charge in [-0.25, -0.2) is 9.78 Å². The number of nitrogens with zero attached hydrogens (tertiary/aromatic N) is 4. The summed E-state index contributed by atoms with van der Waals surface area (Å²) < 4.78 is 4.82. The van der Waals surface area contributed by atoms with Gasteiger partial charge in [0.25, 0.3) is 0 Å². The standard InChI is InChI=1S/C42H42N6O4/c1-28(30-11-5-3-6-12-30)40(49)48-24-10-16-37(48)39-44-27-34(45-39)22-19-29-17-20-31(21-18-29)33-25-35(43-26-33)36-15-9-23-47(36)41(50)38(46-42(51)52-2)32-13-7-4-8-14-32/h3-8,11-14,17-18,20-21,26-28,36-38H,9-10,15-16,23-25H2,1-2H3,(H,44,45)(H,46,51)/t28-,36+,37+,38-/m1/s1. The van der Waals surface area contributed by atoms with E-state index in [0.717, 1.165) is 66.0 Å². The van der Waals surface area contributed by atoms with Gasteiger partial charge in [-0.2, -0.15) is 0 Å². The van der Waals surface area contributed by atoms with Gasteiger partial charge < -0.3 is 24.8 Å². The number of ether oxygens (including phenoxy) is 1. The highest BCUT2D eigenvalue weighted by atomic mass is 16.5. The fourth-order valence-corrected chi connectivity index (χ4v) is 7.40. The molecule has 0 aliphatic carbocycles. The number of H-pyrrole nitrogens is 1. The van der Waals surface area contributed by atoms with Crippen LogP contribution in [-0.4, -0.2) is 69.6 Å². The largest absolute Gasteiger partial charge is 0.453 e. The lowest BCUT2D eigenvalue weighted by molar-refractivity contribution is -0.134. The quantitative estimate of drug-likeness (QED) is 0.203. The van der Waals surface area contributed by atoms with Gasteiger partial charge in [0.05, 0.1) is 31.3 Å². The van der Waals surface area contributed by atoms with Crippen molar-refractivity contribution in [2.45, 2.75) is 63.1 Å². The van der Waals surface area contributed by atoms with Gasteiger partial charge in [0, 0.05) is 37.0 Å². The average molecular weight is 695 g/mol. The van der Waals surface area contributed by atoms with Crippen LogP contribution in [0.2, 0.25) is 0 Å². The third kappa shape index (κ3) is 7.40. The molecule has 3 amide bonds. The van der Waals surface area contributed by atoms with E-state index >= 15 is 0 Å². The van der Waals surface area contributed by atoms with Crippen LogP contribution >= 0.6 is 0 Å². The highest BCUT2D eigenvalue weighted by molar-refractivity contribution is 6.04. The summed E-state index contributed by atoms with van der Waals surface area (Å²) in [6.07, 6.45) is 7.11. The second-order valence-electron chi connectivity index (χ2n) is 13.5. The molecule has 10 nitrogen and oxygen atoms in total. The SMILES string of the molecule is COC(=O)N[C@@H](C(=O)N1CCC[C@H]1C1=NC=C(c2ccc(C#Cc3cnc([C@@H]4CCCN4C(=O)[C@H](C)c4ccccc4)[nH]3)cc2)C1)c1ccccc1. The van der Waals surface area contributed by atoms with E-state index in [2.05, 4.69) is 27.1 Å². The minimum absolute atomic E-state index is 0.0865. The number of rotatable bonds is 8. The Morgan fingerprint density at radius 3 is 2.19 bits per heavy atom. The van der Waals surface area contributed by atoms with Crippen molar-refractivity contribution in [3.05, 3.63) is 131 Å². The van der Waals surface area contributed by atoms with E-state index in [4.69, 9.17) is 9.73 Å². The molecule has 0 unspecified atom stereocenters. The van der Waals surface area contributed by atoms with Crippen LogP contribution in [0, 0.1) is 11.8 Å². The molecule has 2 saturated heterocycles. The van der Waals surface area contributed by atoms with Crippen LogP contribution in [0.15, 0.2) is 102 Å². The third-order valence-electron chi connectivity index (χ3n) is 10.2. The van der Waals surface area contributed by atoms with E-state index in [9.17, 15) is 14.4 Å². The number of hydrogen-bond acceptors (Lipinski definition) is 6. The Labute approximate surface area is 304 Å². The first-order chi connectivity index (χ1) is 25.4. The normalized spacial score (nSPS) is 19.3. The van der Waals surface area contributed by atoms with Crippen molar-refractivity contribution in [2.75, 3.05) is 20.2 Å². The summed E-state index contributed by atoms with van der Waals surface area (Å²) in [5, 5.41) is 2.72. The van der Waals surface area contributed by atoms with Crippen molar-refractivity contribution in [1.82, 2.24) is 25.1 Å². The van der Waals surface area contributed by atoms with Crippen molar-refractivity contribution in [1.29, 1.82) is 0 Å². The predicted octanol–water partition coefficient (Wildman–Crippen LogP) is 6.55. The van der Waals surface area contributed by atoms with E-state index in [-0.39, 0.29) is 29.8 Å². The number of aromatic amines is 1. The van der Waals surface area contributed by atoms with Gasteiger partial charge in [0.1, 0.15) is 17.6 Å². The summed E-state index contributed by atoms with van der Waals surface area (Å²) in [6, 6.07) is 26.1. The number of aliphatic imine (C=N–C) groups is 1. The Morgan fingerprint density at radius 2 is 1.50 bits per heavy atom. The van der Waals surface area contributed by atoms with Crippen LogP contribution in [0.5, 0.6) is 0 Å². The Kier molecular flexibility index (Phi) is 10.3. The molecule has 2 N–H and O–H groups in total. The van der Waals surface area contributed by atoms with Crippen molar-refractivity contribution in [2.24, 2.45) is 4.99 Å². The molecule has 0 bridgehead atoms. The molecule has 2 fully saturated rings. The second-order valence-corrected chi connectivity index (χ2v) is 13.5. The third-order valence-corrected chi connectivity index (χ3v) is 10.2. The molecule has 0 spiro atoms. The number of likely N-dealkylation sites (tertiary alicyclic amines) is 2. The number of nitrogens with one attached hydrogen (secondary N) is 2. The number of aromatic nitrogens is 2. The van der Waals surface area contributed by atoms with Crippen molar-refractivity contribution in [3.8, 4) is 11.8 Å². The Balaban J connectivity index is 0.969. The highest BCUT2D eigenvalue weighted by Crippen LogP contribution is 2.34. The summed E-state index contributed by atoms with van der Waals surface area (Å²) in [5.41, 5.74) is 6.37. The van der Waals surface area contributed by atoms with Gasteiger partial charge in [0.15, 0.2) is 0 Å². The summed E-state index contributed by atoms with van der Waals surface area (Å²) in [5.74, 6) is 6.94. The van der Waals surface area contributed by atoms with Crippen LogP contribution in [0.3, 0.4) is 0 Å². The molecule has 3 aromatic carbocycles. The molecule has 3 aliphatic rings. The number of carbonyl (C=O) groups excluding carboxylic acids is 3. The molecule has 3 aliphatic heterocycles. The maximum absolute atomic E-state index is 13.8. The molecule has 4 heterocycles. The van der Waals surface area contributed by atoms with Gasteiger partial charge in [-0.05, 0) is 72.9 Å². The highest BCUT2D eigenvalue weighted by Gasteiger charge is 2.38. The molecule has 264 valence electrons. The fraction of sp³-hybridized carbons (Fsp3) is 0.310. The Morgan fingerprint density at radius 1 is 0.846 bits per heavy atom. The zero-order valence-electron chi connectivity index (χ0n) is 29.4. The lowest BCUT2D eigenvalue weighted by Crippen LogP contribution is -2.47. The molecular weight excluding hydrogens is 652 g/mol. The first kappa shape index (κ1) is 34.5. The minimum atomic E-state index is -0.846. The summed E-state index contributed by atoms with van der Waals surface area (Å²) in [4.78, 5) is 56.0. The number of methoxy groups -OCH3 is 1. The Bertz CT molecular complexity index is 2040. The fourth-order valence-electron chi connectivity index (χ4n) is 7.40. The summed E-state index contributed by atoms with van der Waals surface area (Å²) >= 11 is 0. The number of carbonyl (C=O) groups is 3. The van der Waals surface area contributed by atoms with E-state index < -0.39 is 12.1 Å². The zero-order valence-corrected chi connectivity index (χ0v) is 29.4. The van der Waals surface area contributed by atoms with Crippen LogP contribution in [-0.2, 0) is 14.3 Å². The number of benzene rings is 3. The first-order valence-corrected chi connectivity index (χ1v) is 17.9. The predicted molar refractivity (Wildman–Crippen MR) is 199 cm³/mol. The van der Waals surface area contributed by atoms with Gasteiger partial charge in [-0.15, -0.1) is 0 Å². The van der Waals surface area contributed by atoms with Crippen LogP contribution in [0.1, 0.15) is 90.8 Å². The molecule has 4 aromatic rings. The maximum Gasteiger partial charge on any atom is 0.407 e. The molecule has 52 heavy (non-hydrogen) atoms. The van der Waals surface area contributed by atoms with E-state index in [1.807, 2.05) is 108 Å². The monoisotopic (exact) mass is 694 g/mol. The van der Waals surface area contributed by atoms with Gasteiger partial charge in [-0.1, -0.05) is 78.7 Å². The number of imidazole rings is 1. The number of alkyl carbamates (subject to hydrolysis) is 1. The lowest BCUT2D eigenvalue weighted by atomic mass is 9.97. The zero-order chi connectivity index (χ0) is 36.0. The van der Waals surface area contributed by atoms with Gasteiger partial charge >= 0.3 is 6.09 Å².